The van der Waals surface area contributed by atoms with Crippen LogP contribution in [-0.4, -0.2) is 42.8 Å². The highest BCUT2D eigenvalue weighted by atomic mass is 32.2. The lowest BCUT2D eigenvalue weighted by molar-refractivity contribution is 0.102. The maximum Gasteiger partial charge on any atom is 0.257 e. The average Bonchev–Trinajstić information content (AvgIpc) is 3.08. The van der Waals surface area contributed by atoms with Crippen LogP contribution in [0.1, 0.15) is 38.1 Å². The first kappa shape index (κ1) is 22.2. The van der Waals surface area contributed by atoms with Crippen molar-refractivity contribution in [1.29, 1.82) is 0 Å². The number of nitrogens with one attached hydrogen (secondary N) is 1. The number of rotatable bonds is 7. The fraction of sp³-hybridized carbons (Fsp3) is 0.333. The quantitative estimate of drug-likeness (QED) is 0.581. The van der Waals surface area contributed by atoms with Gasteiger partial charge in [-0.3, -0.25) is 10.1 Å². The van der Waals surface area contributed by atoms with Crippen LogP contribution < -0.4 is 10.1 Å². The first-order valence-corrected chi connectivity index (χ1v) is 11.8. The maximum atomic E-state index is 13.1. The highest BCUT2D eigenvalue weighted by molar-refractivity contribution is 7.89. The molecule has 0 radical (unpaired) electrons. The number of fused-ring (bicyclic) bond motifs is 1. The van der Waals surface area contributed by atoms with Crippen molar-refractivity contribution in [2.24, 2.45) is 0 Å². The molecule has 30 heavy (non-hydrogen) atoms. The van der Waals surface area contributed by atoms with E-state index < -0.39 is 10.0 Å². The molecule has 3 rings (SSSR count). The zero-order valence-corrected chi connectivity index (χ0v) is 19.2. The van der Waals surface area contributed by atoms with Crippen LogP contribution in [0.25, 0.3) is 10.2 Å². The molecule has 160 valence electrons. The van der Waals surface area contributed by atoms with Gasteiger partial charge in [0.1, 0.15) is 5.75 Å². The van der Waals surface area contributed by atoms with Crippen LogP contribution in [0.5, 0.6) is 5.75 Å². The molecule has 0 unspecified atom stereocenters. The Morgan fingerprint density at radius 2 is 1.70 bits per heavy atom. The third-order valence-corrected chi connectivity index (χ3v) is 7.71. The molecule has 0 bridgehead atoms. The Bertz CT molecular complexity index is 1140. The van der Waals surface area contributed by atoms with Crippen LogP contribution in [0, 0.1) is 0 Å². The SMILES string of the molecule is COc1ccc(C(=O)Nc2nc3ccc(S(=O)(=O)N(C(C)C)C(C)C)cc3s2)cc1. The monoisotopic (exact) mass is 447 g/mol. The molecule has 1 N–H and O–H groups in total. The summed E-state index contributed by atoms with van der Waals surface area (Å²) in [7, 11) is -2.08. The van der Waals surface area contributed by atoms with Crippen LogP contribution in [-0.2, 0) is 10.0 Å². The Hall–Kier alpha value is -2.49. The third kappa shape index (κ3) is 4.48. The minimum atomic E-state index is -3.64. The molecule has 3 aromatic rings. The van der Waals surface area contributed by atoms with Crippen molar-refractivity contribution in [2.75, 3.05) is 12.4 Å². The lowest BCUT2D eigenvalue weighted by Gasteiger charge is -2.29. The standard InChI is InChI=1S/C21H25N3O4S2/c1-13(2)24(14(3)4)30(26,27)17-10-11-18-19(12-17)29-21(22-18)23-20(25)15-6-8-16(28-5)9-7-15/h6-14H,1-5H3,(H,22,23,25). The number of thiazole rings is 1. The number of hydrogen-bond donors (Lipinski definition) is 1. The van der Waals surface area contributed by atoms with Gasteiger partial charge in [-0.2, -0.15) is 4.31 Å². The summed E-state index contributed by atoms with van der Waals surface area (Å²) in [6, 6.07) is 11.3. The first-order chi connectivity index (χ1) is 14.1. The van der Waals surface area contributed by atoms with Crippen molar-refractivity contribution in [3.63, 3.8) is 0 Å². The zero-order chi connectivity index (χ0) is 22.1. The summed E-state index contributed by atoms with van der Waals surface area (Å²) >= 11 is 1.24. The molecule has 2 aromatic carbocycles. The molecule has 0 aliphatic carbocycles. The predicted molar refractivity (Wildman–Crippen MR) is 120 cm³/mol. The molecular formula is C21H25N3O4S2. The second kappa shape index (κ2) is 8.71. The molecule has 1 heterocycles. The summed E-state index contributed by atoms with van der Waals surface area (Å²) in [4.78, 5) is 17.1. The van der Waals surface area contributed by atoms with Crippen molar-refractivity contribution in [1.82, 2.24) is 9.29 Å². The second-order valence-electron chi connectivity index (χ2n) is 7.35. The number of sulfonamides is 1. The molecule has 9 heteroatoms. The summed E-state index contributed by atoms with van der Waals surface area (Å²) in [5.74, 6) is 0.368. The van der Waals surface area contributed by atoms with E-state index in [9.17, 15) is 13.2 Å². The van der Waals surface area contributed by atoms with Gasteiger partial charge >= 0.3 is 0 Å². The Labute approximate surface area is 180 Å². The van der Waals surface area contributed by atoms with Crippen LogP contribution in [0.2, 0.25) is 0 Å². The lowest BCUT2D eigenvalue weighted by atomic mass is 10.2. The largest absolute Gasteiger partial charge is 0.497 e. The fourth-order valence-corrected chi connectivity index (χ4v) is 6.14. The van der Waals surface area contributed by atoms with Crippen LogP contribution in [0.4, 0.5) is 5.13 Å². The van der Waals surface area contributed by atoms with Gasteiger partial charge in [-0.25, -0.2) is 13.4 Å². The van der Waals surface area contributed by atoms with E-state index in [0.29, 0.717) is 26.7 Å². The van der Waals surface area contributed by atoms with E-state index in [1.807, 2.05) is 27.7 Å². The van der Waals surface area contributed by atoms with Crippen molar-refractivity contribution in [3.8, 4) is 5.75 Å². The van der Waals surface area contributed by atoms with E-state index in [1.54, 1.807) is 49.6 Å². The Morgan fingerprint density at radius 1 is 1.07 bits per heavy atom. The molecule has 7 nitrogen and oxygen atoms in total. The molecule has 0 saturated heterocycles. The van der Waals surface area contributed by atoms with Gasteiger partial charge in [0.15, 0.2) is 5.13 Å². The summed E-state index contributed by atoms with van der Waals surface area (Å²) < 4.78 is 33.5. The number of anilines is 1. The molecule has 0 aliphatic heterocycles. The number of nitrogens with zero attached hydrogens (tertiary/aromatic N) is 2. The average molecular weight is 448 g/mol. The Morgan fingerprint density at radius 3 is 2.27 bits per heavy atom. The lowest BCUT2D eigenvalue weighted by Crippen LogP contribution is -2.41. The van der Waals surface area contributed by atoms with Gasteiger partial charge in [0.25, 0.3) is 5.91 Å². The van der Waals surface area contributed by atoms with Crippen molar-refractivity contribution in [2.45, 2.75) is 44.7 Å². The van der Waals surface area contributed by atoms with E-state index in [4.69, 9.17) is 4.74 Å². The van der Waals surface area contributed by atoms with E-state index in [2.05, 4.69) is 10.3 Å². The van der Waals surface area contributed by atoms with Gasteiger partial charge in [0, 0.05) is 17.6 Å². The topological polar surface area (TPSA) is 88.6 Å². The maximum absolute atomic E-state index is 13.1. The second-order valence-corrected chi connectivity index (χ2v) is 10.2. The number of carbonyl (C=O) groups is 1. The third-order valence-electron chi connectivity index (χ3n) is 4.53. The number of ether oxygens (including phenoxy) is 1. The number of hydrogen-bond acceptors (Lipinski definition) is 6. The number of carbonyl (C=O) groups excluding carboxylic acids is 1. The molecule has 0 spiro atoms. The molecule has 0 fully saturated rings. The molecule has 0 aliphatic rings. The Balaban J connectivity index is 1.87. The predicted octanol–water partition coefficient (Wildman–Crippen LogP) is 4.36. The van der Waals surface area contributed by atoms with Gasteiger partial charge in [-0.05, 0) is 70.2 Å². The van der Waals surface area contributed by atoms with Crippen LogP contribution in [0.3, 0.4) is 0 Å². The first-order valence-electron chi connectivity index (χ1n) is 9.53. The summed E-state index contributed by atoms with van der Waals surface area (Å²) in [5, 5.41) is 3.18. The summed E-state index contributed by atoms with van der Waals surface area (Å²) in [5.41, 5.74) is 1.10. The van der Waals surface area contributed by atoms with E-state index >= 15 is 0 Å². The van der Waals surface area contributed by atoms with Crippen LogP contribution in [0.15, 0.2) is 47.4 Å². The van der Waals surface area contributed by atoms with Gasteiger partial charge in [-0.1, -0.05) is 11.3 Å². The minimum absolute atomic E-state index is 0.161. The Kier molecular flexibility index (Phi) is 6.44. The normalized spacial score (nSPS) is 12.1. The molecule has 1 aromatic heterocycles. The van der Waals surface area contributed by atoms with Crippen molar-refractivity contribution < 1.29 is 17.9 Å². The van der Waals surface area contributed by atoms with E-state index in [0.717, 1.165) is 0 Å². The molecule has 1 amide bonds. The number of methoxy groups -OCH3 is 1. The number of aromatic nitrogens is 1. The zero-order valence-electron chi connectivity index (χ0n) is 17.5. The van der Waals surface area contributed by atoms with E-state index in [-0.39, 0.29) is 22.9 Å². The minimum Gasteiger partial charge on any atom is -0.497 e. The van der Waals surface area contributed by atoms with Gasteiger partial charge in [-0.15, -0.1) is 0 Å². The highest BCUT2D eigenvalue weighted by Gasteiger charge is 2.29. The van der Waals surface area contributed by atoms with Crippen molar-refractivity contribution >= 4 is 42.6 Å². The van der Waals surface area contributed by atoms with Gasteiger partial charge in [0.05, 0.1) is 22.2 Å². The number of benzene rings is 2. The molecule has 0 saturated carbocycles. The summed E-state index contributed by atoms with van der Waals surface area (Å²) in [6.07, 6.45) is 0. The van der Waals surface area contributed by atoms with Crippen LogP contribution >= 0.6 is 11.3 Å². The highest BCUT2D eigenvalue weighted by Crippen LogP contribution is 2.30. The molecular weight excluding hydrogens is 422 g/mol. The summed E-state index contributed by atoms with van der Waals surface area (Å²) in [6.45, 7) is 7.43. The fourth-order valence-electron chi connectivity index (χ4n) is 3.30. The molecule has 0 atom stereocenters. The van der Waals surface area contributed by atoms with Gasteiger partial charge in [0.2, 0.25) is 10.0 Å². The van der Waals surface area contributed by atoms with Gasteiger partial charge < -0.3 is 4.74 Å². The van der Waals surface area contributed by atoms with E-state index in [1.165, 1.54) is 15.6 Å². The number of amides is 1. The smallest absolute Gasteiger partial charge is 0.257 e. The van der Waals surface area contributed by atoms with Crippen molar-refractivity contribution in [3.05, 3.63) is 48.0 Å².